The zero-order chi connectivity index (χ0) is 27.4. The van der Waals surface area contributed by atoms with Crippen molar-refractivity contribution in [3.63, 3.8) is 0 Å². The number of hydrogen-bond donors (Lipinski definition) is 0. The van der Waals surface area contributed by atoms with Crippen molar-refractivity contribution in [2.75, 3.05) is 63.2 Å². The number of ether oxygens (including phenoxy) is 2. The Hall–Kier alpha value is -3.54. The van der Waals surface area contributed by atoms with E-state index >= 15 is 0 Å². The van der Waals surface area contributed by atoms with Crippen molar-refractivity contribution < 1.29 is 19.1 Å². The van der Waals surface area contributed by atoms with Gasteiger partial charge >= 0.3 is 12.1 Å². The Kier molecular flexibility index (Phi) is 8.29. The number of likely N-dealkylation sites (N-methyl/N-ethyl adjacent to an activating group) is 1. The minimum Gasteiger partial charge on any atom is -0.462 e. The fourth-order valence-electron chi connectivity index (χ4n) is 4.61. The van der Waals surface area contributed by atoms with Gasteiger partial charge in [-0.15, -0.1) is 0 Å². The fraction of sp³-hybridized carbons (Fsp3) is 0.615. The van der Waals surface area contributed by atoms with Crippen molar-refractivity contribution in [1.29, 1.82) is 0 Å². The van der Waals surface area contributed by atoms with Crippen molar-refractivity contribution in [3.05, 3.63) is 35.4 Å². The number of nitrogens with zero attached hydrogens (tertiary/aromatic N) is 8. The second-order valence-electron chi connectivity index (χ2n) is 10.8. The van der Waals surface area contributed by atoms with Gasteiger partial charge in [0, 0.05) is 63.3 Å². The molecule has 2 aromatic heterocycles. The molecule has 4 rings (SSSR count). The molecule has 0 saturated carbocycles. The van der Waals surface area contributed by atoms with Gasteiger partial charge in [-0.2, -0.15) is 0 Å². The number of hydrogen-bond acceptors (Lipinski definition) is 11. The van der Waals surface area contributed by atoms with Crippen LogP contribution in [-0.2, 0) is 22.4 Å². The Labute approximate surface area is 224 Å². The summed E-state index contributed by atoms with van der Waals surface area (Å²) < 4.78 is 10.6. The average molecular weight is 527 g/mol. The van der Waals surface area contributed by atoms with E-state index in [1.165, 1.54) is 12.4 Å². The highest BCUT2D eigenvalue weighted by atomic mass is 16.6. The molecule has 0 aromatic carbocycles. The van der Waals surface area contributed by atoms with Gasteiger partial charge in [-0.05, 0) is 41.8 Å². The topological polar surface area (TPSA) is 117 Å². The second-order valence-corrected chi connectivity index (χ2v) is 10.8. The summed E-state index contributed by atoms with van der Waals surface area (Å²) in [6, 6.07) is 0.0921. The SMILES string of the molecule is CCOC(=O)c1cnc(N2CCN(c3ncc4c(n3)CCN(C(=O)OC(C)(C)C)C4)CC2CN(C)C)nc1. The van der Waals surface area contributed by atoms with Gasteiger partial charge in [0.2, 0.25) is 11.9 Å². The zero-order valence-electron chi connectivity index (χ0n) is 23.2. The third-order valence-corrected chi connectivity index (χ3v) is 6.32. The average Bonchev–Trinajstić information content (AvgIpc) is 2.87. The molecule has 0 aliphatic carbocycles. The first kappa shape index (κ1) is 27.5. The molecule has 1 unspecified atom stereocenters. The maximum Gasteiger partial charge on any atom is 0.410 e. The number of anilines is 2. The first-order valence-corrected chi connectivity index (χ1v) is 13.0. The van der Waals surface area contributed by atoms with E-state index in [9.17, 15) is 9.59 Å². The number of rotatable bonds is 6. The van der Waals surface area contributed by atoms with Gasteiger partial charge in [0.05, 0.1) is 30.5 Å². The van der Waals surface area contributed by atoms with Crippen LogP contribution in [0.25, 0.3) is 0 Å². The number of piperazine rings is 1. The third-order valence-electron chi connectivity index (χ3n) is 6.32. The number of esters is 1. The molecular formula is C26H38N8O4. The van der Waals surface area contributed by atoms with Crippen LogP contribution < -0.4 is 9.80 Å². The van der Waals surface area contributed by atoms with Crippen LogP contribution in [0.1, 0.15) is 49.3 Å². The first-order valence-electron chi connectivity index (χ1n) is 13.0. The highest BCUT2D eigenvalue weighted by Crippen LogP contribution is 2.24. The Morgan fingerprint density at radius 2 is 1.76 bits per heavy atom. The molecule has 1 atom stereocenters. The van der Waals surface area contributed by atoms with Gasteiger partial charge in [-0.3, -0.25) is 0 Å². The van der Waals surface area contributed by atoms with E-state index < -0.39 is 11.6 Å². The van der Waals surface area contributed by atoms with Crippen LogP contribution in [0.2, 0.25) is 0 Å². The summed E-state index contributed by atoms with van der Waals surface area (Å²) >= 11 is 0. The van der Waals surface area contributed by atoms with E-state index in [0.717, 1.165) is 17.8 Å². The lowest BCUT2D eigenvalue weighted by Gasteiger charge is -2.42. The molecule has 12 heteroatoms. The molecular weight excluding hydrogens is 488 g/mol. The van der Waals surface area contributed by atoms with Gasteiger partial charge in [-0.1, -0.05) is 0 Å². The lowest BCUT2D eigenvalue weighted by atomic mass is 10.1. The molecule has 2 aliphatic rings. The summed E-state index contributed by atoms with van der Waals surface area (Å²) in [7, 11) is 4.07. The van der Waals surface area contributed by atoms with Crippen molar-refractivity contribution >= 4 is 24.0 Å². The molecule has 0 N–H and O–H groups in total. The Bertz CT molecular complexity index is 1140. The quantitative estimate of drug-likeness (QED) is 0.514. The second kappa shape index (κ2) is 11.5. The molecule has 4 heterocycles. The fourth-order valence-corrected chi connectivity index (χ4v) is 4.61. The standard InChI is InChI=1S/C26H38N8O4/c1-7-37-22(35)18-12-27-23(28-13-18)34-11-10-32(17-20(34)16-31(5)6)24-29-14-19-15-33(9-8-21(19)30-24)25(36)38-26(2,3)4/h12-14,20H,7-11,15-17H2,1-6H3. The highest BCUT2D eigenvalue weighted by molar-refractivity contribution is 5.88. The summed E-state index contributed by atoms with van der Waals surface area (Å²) in [4.78, 5) is 51.2. The van der Waals surface area contributed by atoms with Gasteiger partial charge in [0.1, 0.15) is 5.60 Å². The van der Waals surface area contributed by atoms with Crippen molar-refractivity contribution in [2.24, 2.45) is 0 Å². The molecule has 12 nitrogen and oxygen atoms in total. The molecule has 38 heavy (non-hydrogen) atoms. The molecule has 1 saturated heterocycles. The summed E-state index contributed by atoms with van der Waals surface area (Å²) in [5.74, 6) is 0.849. The lowest BCUT2D eigenvalue weighted by Crippen LogP contribution is -2.57. The smallest absolute Gasteiger partial charge is 0.410 e. The third kappa shape index (κ3) is 6.66. The van der Waals surface area contributed by atoms with Crippen LogP contribution in [0.4, 0.5) is 16.7 Å². The number of amides is 1. The van der Waals surface area contributed by atoms with E-state index in [2.05, 4.69) is 29.7 Å². The molecule has 206 valence electrons. The normalized spacial score (nSPS) is 17.9. The lowest BCUT2D eigenvalue weighted by molar-refractivity contribution is 0.0222. The van der Waals surface area contributed by atoms with Crippen LogP contribution in [-0.4, -0.2) is 107 Å². The van der Waals surface area contributed by atoms with Crippen LogP contribution >= 0.6 is 0 Å². The van der Waals surface area contributed by atoms with Crippen LogP contribution in [0.5, 0.6) is 0 Å². The van der Waals surface area contributed by atoms with E-state index in [1.54, 1.807) is 11.8 Å². The largest absolute Gasteiger partial charge is 0.462 e. The predicted molar refractivity (Wildman–Crippen MR) is 142 cm³/mol. The van der Waals surface area contributed by atoms with E-state index in [1.807, 2.05) is 41.1 Å². The molecule has 1 amide bonds. The summed E-state index contributed by atoms with van der Waals surface area (Å²) in [5, 5.41) is 0. The van der Waals surface area contributed by atoms with Crippen LogP contribution in [0.15, 0.2) is 18.6 Å². The summed E-state index contributed by atoms with van der Waals surface area (Å²) in [6.45, 7) is 11.6. The Morgan fingerprint density at radius 1 is 1.05 bits per heavy atom. The van der Waals surface area contributed by atoms with Gasteiger partial charge in [0.25, 0.3) is 0 Å². The van der Waals surface area contributed by atoms with E-state index in [0.29, 0.717) is 63.2 Å². The monoisotopic (exact) mass is 526 g/mol. The van der Waals surface area contributed by atoms with Crippen LogP contribution in [0, 0.1) is 0 Å². The Morgan fingerprint density at radius 3 is 2.42 bits per heavy atom. The minimum absolute atomic E-state index is 0.0921. The van der Waals surface area contributed by atoms with Crippen LogP contribution in [0.3, 0.4) is 0 Å². The molecule has 0 bridgehead atoms. The van der Waals surface area contributed by atoms with E-state index in [4.69, 9.17) is 14.5 Å². The number of fused-ring (bicyclic) bond motifs is 1. The Balaban J connectivity index is 1.45. The molecule has 0 radical (unpaired) electrons. The maximum absolute atomic E-state index is 12.5. The maximum atomic E-state index is 12.5. The van der Waals surface area contributed by atoms with Crippen molar-refractivity contribution in [3.8, 4) is 0 Å². The van der Waals surface area contributed by atoms with E-state index in [-0.39, 0.29) is 12.1 Å². The summed E-state index contributed by atoms with van der Waals surface area (Å²) in [5.41, 5.74) is 1.73. The number of aromatic nitrogens is 4. The molecule has 0 spiro atoms. The predicted octanol–water partition coefficient (Wildman–Crippen LogP) is 1.99. The minimum atomic E-state index is -0.531. The molecule has 2 aromatic rings. The number of carbonyl (C=O) groups excluding carboxylic acids is 2. The molecule has 2 aliphatic heterocycles. The van der Waals surface area contributed by atoms with Crippen molar-refractivity contribution in [1.82, 2.24) is 29.7 Å². The van der Waals surface area contributed by atoms with Gasteiger partial charge in [0.15, 0.2) is 0 Å². The van der Waals surface area contributed by atoms with Gasteiger partial charge in [-0.25, -0.2) is 29.5 Å². The van der Waals surface area contributed by atoms with Crippen molar-refractivity contribution in [2.45, 2.75) is 52.3 Å². The first-order chi connectivity index (χ1) is 18.0. The highest BCUT2D eigenvalue weighted by Gasteiger charge is 2.32. The molecule has 1 fully saturated rings. The number of carbonyl (C=O) groups is 2. The zero-order valence-corrected chi connectivity index (χ0v) is 23.2. The summed E-state index contributed by atoms with van der Waals surface area (Å²) in [6.07, 6.45) is 5.22. The van der Waals surface area contributed by atoms with Gasteiger partial charge < -0.3 is 29.1 Å².